The molecular formula is C14H22Cl2N4-2. The molecule has 0 unspecified atom stereocenters. The van der Waals surface area contributed by atoms with Gasteiger partial charge in [-0.15, -0.1) is 0 Å². The highest BCUT2D eigenvalue weighted by Crippen LogP contribution is 2.34. The second kappa shape index (κ2) is 7.43. The summed E-state index contributed by atoms with van der Waals surface area (Å²) in [6.45, 7) is 4.76. The van der Waals surface area contributed by atoms with Crippen LogP contribution in [0.5, 0.6) is 0 Å². The van der Waals surface area contributed by atoms with Crippen molar-refractivity contribution in [1.29, 1.82) is 0 Å². The van der Waals surface area contributed by atoms with Gasteiger partial charge in [0.2, 0.25) is 5.95 Å². The number of hydrogen-bond acceptors (Lipinski definition) is 4. The third-order valence-electron chi connectivity index (χ3n) is 4.40. The highest BCUT2D eigenvalue weighted by atomic mass is 35.5. The van der Waals surface area contributed by atoms with Gasteiger partial charge in [-0.05, 0) is 56.7 Å². The van der Waals surface area contributed by atoms with Crippen LogP contribution in [-0.4, -0.2) is 34.0 Å². The quantitative estimate of drug-likeness (QED) is 0.599. The number of likely N-dealkylation sites (tertiary alicyclic amines) is 1. The number of halogens is 2. The van der Waals surface area contributed by atoms with Crippen molar-refractivity contribution >= 4 is 5.95 Å². The lowest BCUT2D eigenvalue weighted by molar-refractivity contribution is -0.00100. The maximum atomic E-state index is 5.69. The lowest BCUT2D eigenvalue weighted by Gasteiger charge is -2.44. The van der Waals surface area contributed by atoms with Crippen LogP contribution in [0.4, 0.5) is 5.95 Å². The Morgan fingerprint density at radius 3 is 2.90 bits per heavy atom. The Kier molecular flexibility index (Phi) is 6.49. The van der Waals surface area contributed by atoms with E-state index in [2.05, 4.69) is 21.8 Å². The molecule has 2 heterocycles. The topological polar surface area (TPSA) is 55.0 Å². The number of anilines is 1. The Bertz CT molecular complexity index is 439. The zero-order valence-corrected chi connectivity index (χ0v) is 13.4. The van der Waals surface area contributed by atoms with Crippen molar-refractivity contribution in [2.24, 2.45) is 5.92 Å². The molecule has 1 aliphatic heterocycles. The molecule has 0 bridgehead atoms. The molecule has 2 atom stereocenters. The number of nitrogen functional groups attached to an aromatic ring is 1. The van der Waals surface area contributed by atoms with Gasteiger partial charge < -0.3 is 30.5 Å². The van der Waals surface area contributed by atoms with Gasteiger partial charge in [-0.1, -0.05) is 6.92 Å². The van der Waals surface area contributed by atoms with Crippen LogP contribution < -0.4 is 30.5 Å². The Morgan fingerprint density at radius 1 is 1.35 bits per heavy atom. The molecular weight excluding hydrogens is 295 g/mol. The predicted molar refractivity (Wildman–Crippen MR) is 72.2 cm³/mol. The van der Waals surface area contributed by atoms with Crippen LogP contribution >= 0.6 is 0 Å². The van der Waals surface area contributed by atoms with E-state index in [0.717, 1.165) is 18.8 Å². The summed E-state index contributed by atoms with van der Waals surface area (Å²) in [7, 11) is 0. The van der Waals surface area contributed by atoms with Gasteiger partial charge in [-0.3, -0.25) is 4.90 Å². The summed E-state index contributed by atoms with van der Waals surface area (Å²) in [6.07, 6.45) is 8.06. The summed E-state index contributed by atoms with van der Waals surface area (Å²) in [6, 6.07) is 0.707. The minimum absolute atomic E-state index is 0. The smallest absolute Gasteiger partial charge is 0.220 e. The largest absolute Gasteiger partial charge is 1.00 e. The van der Waals surface area contributed by atoms with E-state index in [1.54, 1.807) is 0 Å². The molecule has 0 amide bonds. The number of piperidine rings is 1. The van der Waals surface area contributed by atoms with Crippen molar-refractivity contribution in [2.75, 3.05) is 18.8 Å². The van der Waals surface area contributed by atoms with Gasteiger partial charge in [0.15, 0.2) is 0 Å². The summed E-state index contributed by atoms with van der Waals surface area (Å²) in [5.41, 5.74) is 8.20. The highest BCUT2D eigenvalue weighted by Gasteiger charge is 2.35. The fraction of sp³-hybridized carbons (Fsp3) is 0.714. The van der Waals surface area contributed by atoms with Crippen LogP contribution in [0.2, 0.25) is 0 Å². The third-order valence-corrected chi connectivity index (χ3v) is 4.40. The second-order valence-corrected chi connectivity index (χ2v) is 5.61. The van der Waals surface area contributed by atoms with Crippen LogP contribution in [0, 0.1) is 5.92 Å². The van der Waals surface area contributed by atoms with E-state index in [9.17, 15) is 0 Å². The van der Waals surface area contributed by atoms with Crippen molar-refractivity contribution in [3.05, 3.63) is 17.5 Å². The molecule has 1 aliphatic carbocycles. The molecule has 0 aromatic carbocycles. The van der Waals surface area contributed by atoms with E-state index >= 15 is 0 Å². The molecule has 1 saturated heterocycles. The molecule has 0 saturated carbocycles. The number of nitrogens with zero attached hydrogens (tertiary/aromatic N) is 3. The molecule has 2 N–H and O–H groups in total. The van der Waals surface area contributed by atoms with Crippen LogP contribution in [0.3, 0.4) is 0 Å². The first-order chi connectivity index (χ1) is 8.78. The van der Waals surface area contributed by atoms with Gasteiger partial charge >= 0.3 is 0 Å². The standard InChI is InChI=1S/C14H22N4.2ClH/c1-2-5-18-6-3-4-10-7-12-11(8-13(10)18)9-16-14(15)17-12;;/h9-10,13H,2-8H2,1H3,(H2,15,16,17);2*1H/p-2/t10-,13-;;/m1../s1. The van der Waals surface area contributed by atoms with E-state index in [-0.39, 0.29) is 24.8 Å². The molecule has 20 heavy (non-hydrogen) atoms. The number of nitrogens with two attached hydrogens (primary N) is 1. The van der Waals surface area contributed by atoms with E-state index in [1.807, 2.05) is 6.20 Å². The van der Waals surface area contributed by atoms with Crippen LogP contribution in [0.25, 0.3) is 0 Å². The van der Waals surface area contributed by atoms with Crippen molar-refractivity contribution in [1.82, 2.24) is 14.9 Å². The summed E-state index contributed by atoms with van der Waals surface area (Å²) in [5.74, 6) is 1.19. The predicted octanol–water partition coefficient (Wildman–Crippen LogP) is -4.34. The van der Waals surface area contributed by atoms with Gasteiger partial charge in [-0.25, -0.2) is 9.97 Å². The molecule has 114 valence electrons. The first-order valence-corrected chi connectivity index (χ1v) is 7.12. The van der Waals surface area contributed by atoms with Crippen molar-refractivity contribution < 1.29 is 24.8 Å². The van der Waals surface area contributed by atoms with Crippen LogP contribution in [0.15, 0.2) is 6.20 Å². The lowest BCUT2D eigenvalue weighted by Crippen LogP contribution is -3.00. The second-order valence-electron chi connectivity index (χ2n) is 5.61. The third kappa shape index (κ3) is 3.35. The van der Waals surface area contributed by atoms with Crippen molar-refractivity contribution in [3.63, 3.8) is 0 Å². The molecule has 6 heteroatoms. The Hall–Kier alpha value is -0.580. The van der Waals surface area contributed by atoms with Crippen molar-refractivity contribution in [2.45, 2.75) is 45.1 Å². The molecule has 4 nitrogen and oxygen atoms in total. The number of aromatic nitrogens is 2. The van der Waals surface area contributed by atoms with Crippen molar-refractivity contribution in [3.8, 4) is 0 Å². The minimum Gasteiger partial charge on any atom is -1.00 e. The highest BCUT2D eigenvalue weighted by molar-refractivity contribution is 5.29. The average molecular weight is 317 g/mol. The van der Waals surface area contributed by atoms with E-state index in [1.165, 1.54) is 43.6 Å². The monoisotopic (exact) mass is 316 g/mol. The normalized spacial score (nSPS) is 24.9. The number of fused-ring (bicyclic) bond motifs is 2. The zero-order chi connectivity index (χ0) is 12.5. The van der Waals surface area contributed by atoms with Crippen LogP contribution in [-0.2, 0) is 12.8 Å². The first kappa shape index (κ1) is 17.5. The number of hydrogen-bond donors (Lipinski definition) is 1. The number of rotatable bonds is 2. The molecule has 1 aromatic rings. The maximum absolute atomic E-state index is 5.69. The fourth-order valence-electron chi connectivity index (χ4n) is 3.59. The van der Waals surface area contributed by atoms with Gasteiger partial charge in [0.05, 0.1) is 0 Å². The minimum atomic E-state index is 0. The Morgan fingerprint density at radius 2 is 2.15 bits per heavy atom. The summed E-state index contributed by atoms with van der Waals surface area (Å²) >= 11 is 0. The van der Waals surface area contributed by atoms with Gasteiger partial charge in [0, 0.05) is 17.9 Å². The molecule has 1 fully saturated rings. The summed E-state index contributed by atoms with van der Waals surface area (Å²) in [5, 5.41) is 0. The molecule has 0 radical (unpaired) electrons. The van der Waals surface area contributed by atoms with Gasteiger partial charge in [-0.2, -0.15) is 0 Å². The Balaban J connectivity index is 0.000001000. The maximum Gasteiger partial charge on any atom is 0.220 e. The van der Waals surface area contributed by atoms with Crippen LogP contribution in [0.1, 0.15) is 37.4 Å². The summed E-state index contributed by atoms with van der Waals surface area (Å²) in [4.78, 5) is 11.2. The first-order valence-electron chi connectivity index (χ1n) is 7.12. The fourth-order valence-corrected chi connectivity index (χ4v) is 3.59. The van der Waals surface area contributed by atoms with E-state index < -0.39 is 0 Å². The SMILES string of the molecule is CCCN1CCC[C@@H]2Cc3nc(N)ncc3C[C@H]21.[Cl-].[Cl-]. The Labute approximate surface area is 133 Å². The molecule has 2 aliphatic rings. The van der Waals surface area contributed by atoms with E-state index in [4.69, 9.17) is 5.73 Å². The molecule has 3 rings (SSSR count). The van der Waals surface area contributed by atoms with E-state index in [0.29, 0.717) is 12.0 Å². The zero-order valence-electron chi connectivity index (χ0n) is 11.9. The molecule has 0 spiro atoms. The van der Waals surface area contributed by atoms with Gasteiger partial charge in [0.25, 0.3) is 0 Å². The summed E-state index contributed by atoms with van der Waals surface area (Å²) < 4.78 is 0. The lowest BCUT2D eigenvalue weighted by atomic mass is 9.77. The van der Waals surface area contributed by atoms with Gasteiger partial charge in [0.1, 0.15) is 0 Å². The molecule has 1 aromatic heterocycles. The average Bonchev–Trinajstić information content (AvgIpc) is 2.37.